The number of amides is 1. The van der Waals surface area contributed by atoms with Gasteiger partial charge >= 0.3 is 0 Å². The number of carbonyl (C=O) groups is 1. The molecule has 0 saturated carbocycles. The standard InChI is InChI=1S/C13H17ClN2OS/c14-11-1-3-12(4-2-11)18-8-7-16-13(17)10-5-6-15-9-10/h1-4,10,15H,5-9H2,(H,16,17). The van der Waals surface area contributed by atoms with E-state index in [-0.39, 0.29) is 11.8 Å². The van der Waals surface area contributed by atoms with Gasteiger partial charge in [-0.1, -0.05) is 11.6 Å². The summed E-state index contributed by atoms with van der Waals surface area (Å²) in [5.41, 5.74) is 0. The highest BCUT2D eigenvalue weighted by Gasteiger charge is 2.21. The molecule has 1 fully saturated rings. The first-order chi connectivity index (χ1) is 8.75. The van der Waals surface area contributed by atoms with E-state index in [1.165, 1.54) is 4.90 Å². The number of carbonyl (C=O) groups excluding carboxylic acids is 1. The van der Waals surface area contributed by atoms with E-state index in [1.807, 2.05) is 24.3 Å². The van der Waals surface area contributed by atoms with Crippen LogP contribution in [0.1, 0.15) is 6.42 Å². The minimum atomic E-state index is 0.158. The number of benzene rings is 1. The van der Waals surface area contributed by atoms with Crippen LogP contribution in [0.15, 0.2) is 29.2 Å². The fourth-order valence-electron chi connectivity index (χ4n) is 1.90. The first-order valence-electron chi connectivity index (χ1n) is 6.12. The molecule has 0 aliphatic carbocycles. The Morgan fingerprint density at radius 3 is 2.89 bits per heavy atom. The summed E-state index contributed by atoms with van der Waals surface area (Å²) in [6.07, 6.45) is 0.955. The van der Waals surface area contributed by atoms with Gasteiger partial charge in [0.2, 0.25) is 5.91 Å². The van der Waals surface area contributed by atoms with Crippen molar-refractivity contribution >= 4 is 29.3 Å². The summed E-state index contributed by atoms with van der Waals surface area (Å²) in [6.45, 7) is 2.48. The van der Waals surface area contributed by atoms with Crippen molar-refractivity contribution < 1.29 is 4.79 Å². The van der Waals surface area contributed by atoms with Crippen molar-refractivity contribution in [2.45, 2.75) is 11.3 Å². The van der Waals surface area contributed by atoms with Crippen LogP contribution in [0.2, 0.25) is 5.02 Å². The Hall–Kier alpha value is -0.710. The van der Waals surface area contributed by atoms with E-state index < -0.39 is 0 Å². The van der Waals surface area contributed by atoms with Gasteiger partial charge in [-0.05, 0) is 37.2 Å². The zero-order chi connectivity index (χ0) is 12.8. The summed E-state index contributed by atoms with van der Waals surface area (Å²) < 4.78 is 0. The van der Waals surface area contributed by atoms with Gasteiger partial charge in [0.25, 0.3) is 0 Å². The van der Waals surface area contributed by atoms with Gasteiger partial charge in [0.1, 0.15) is 0 Å². The van der Waals surface area contributed by atoms with Gasteiger partial charge in [-0.15, -0.1) is 11.8 Å². The lowest BCUT2D eigenvalue weighted by Crippen LogP contribution is -2.33. The lowest BCUT2D eigenvalue weighted by molar-refractivity contribution is -0.124. The van der Waals surface area contributed by atoms with Crippen LogP contribution in [0.25, 0.3) is 0 Å². The summed E-state index contributed by atoms with van der Waals surface area (Å²) >= 11 is 7.54. The van der Waals surface area contributed by atoms with Crippen molar-refractivity contribution in [2.24, 2.45) is 5.92 Å². The van der Waals surface area contributed by atoms with Crippen molar-refractivity contribution in [3.05, 3.63) is 29.3 Å². The Bertz CT molecular complexity index is 390. The molecule has 0 bridgehead atoms. The maximum absolute atomic E-state index is 11.7. The van der Waals surface area contributed by atoms with E-state index in [9.17, 15) is 4.79 Å². The van der Waals surface area contributed by atoms with Crippen LogP contribution in [0.5, 0.6) is 0 Å². The van der Waals surface area contributed by atoms with E-state index in [2.05, 4.69) is 10.6 Å². The molecule has 0 aromatic heterocycles. The van der Waals surface area contributed by atoms with Crippen LogP contribution in [0, 0.1) is 5.92 Å². The van der Waals surface area contributed by atoms with E-state index >= 15 is 0 Å². The van der Waals surface area contributed by atoms with Crippen molar-refractivity contribution in [3.63, 3.8) is 0 Å². The molecule has 1 atom stereocenters. The van der Waals surface area contributed by atoms with Crippen LogP contribution in [-0.4, -0.2) is 31.3 Å². The van der Waals surface area contributed by atoms with E-state index in [4.69, 9.17) is 11.6 Å². The summed E-state index contributed by atoms with van der Waals surface area (Å²) in [5.74, 6) is 1.22. The maximum atomic E-state index is 11.7. The van der Waals surface area contributed by atoms with Crippen molar-refractivity contribution in [3.8, 4) is 0 Å². The molecule has 5 heteroatoms. The van der Waals surface area contributed by atoms with Gasteiger partial charge in [-0.25, -0.2) is 0 Å². The molecule has 0 radical (unpaired) electrons. The fourth-order valence-corrected chi connectivity index (χ4v) is 2.79. The number of nitrogens with one attached hydrogen (secondary N) is 2. The Labute approximate surface area is 117 Å². The number of thioether (sulfide) groups is 1. The number of rotatable bonds is 5. The molecule has 1 amide bonds. The summed E-state index contributed by atoms with van der Waals surface area (Å²) in [4.78, 5) is 12.9. The molecule has 1 aliphatic heterocycles. The highest BCUT2D eigenvalue weighted by Crippen LogP contribution is 2.19. The Balaban J connectivity index is 1.63. The molecule has 2 N–H and O–H groups in total. The van der Waals surface area contributed by atoms with Gasteiger partial charge in [0.05, 0.1) is 5.92 Å². The number of halogens is 1. The molecule has 3 nitrogen and oxygen atoms in total. The van der Waals surface area contributed by atoms with Crippen LogP contribution in [0.4, 0.5) is 0 Å². The molecule has 18 heavy (non-hydrogen) atoms. The third-order valence-electron chi connectivity index (χ3n) is 2.91. The van der Waals surface area contributed by atoms with Crippen LogP contribution >= 0.6 is 23.4 Å². The monoisotopic (exact) mass is 284 g/mol. The normalized spacial score (nSPS) is 18.8. The quantitative estimate of drug-likeness (QED) is 0.643. The second-order valence-electron chi connectivity index (χ2n) is 4.28. The summed E-state index contributed by atoms with van der Waals surface area (Å²) in [7, 11) is 0. The average Bonchev–Trinajstić information content (AvgIpc) is 2.90. The Morgan fingerprint density at radius 1 is 1.44 bits per heavy atom. The average molecular weight is 285 g/mol. The van der Waals surface area contributed by atoms with E-state index in [0.717, 1.165) is 30.3 Å². The molecular formula is C13H17ClN2OS. The molecule has 1 unspecified atom stereocenters. The predicted octanol–water partition coefficient (Wildman–Crippen LogP) is 2.16. The van der Waals surface area contributed by atoms with Crippen molar-refractivity contribution in [1.82, 2.24) is 10.6 Å². The highest BCUT2D eigenvalue weighted by molar-refractivity contribution is 7.99. The first kappa shape index (κ1) is 13.7. The minimum Gasteiger partial charge on any atom is -0.355 e. The molecule has 2 rings (SSSR count). The highest BCUT2D eigenvalue weighted by atomic mass is 35.5. The third-order valence-corrected chi connectivity index (χ3v) is 4.18. The van der Waals surface area contributed by atoms with Gasteiger partial charge in [-0.2, -0.15) is 0 Å². The predicted molar refractivity (Wildman–Crippen MR) is 76.2 cm³/mol. The van der Waals surface area contributed by atoms with Gasteiger partial charge in [0, 0.05) is 28.8 Å². The molecule has 1 aromatic rings. The largest absolute Gasteiger partial charge is 0.355 e. The maximum Gasteiger partial charge on any atom is 0.224 e. The van der Waals surface area contributed by atoms with E-state index in [1.54, 1.807) is 11.8 Å². The molecule has 98 valence electrons. The molecule has 1 aromatic carbocycles. The van der Waals surface area contributed by atoms with E-state index in [0.29, 0.717) is 6.54 Å². The molecule has 1 aliphatic rings. The third kappa shape index (κ3) is 4.19. The van der Waals surface area contributed by atoms with Crippen molar-refractivity contribution in [2.75, 3.05) is 25.4 Å². The summed E-state index contributed by atoms with van der Waals surface area (Å²) in [5, 5.41) is 6.93. The molecular weight excluding hydrogens is 268 g/mol. The molecule has 1 heterocycles. The van der Waals surface area contributed by atoms with Crippen LogP contribution < -0.4 is 10.6 Å². The van der Waals surface area contributed by atoms with Crippen molar-refractivity contribution in [1.29, 1.82) is 0 Å². The van der Waals surface area contributed by atoms with Crippen LogP contribution in [-0.2, 0) is 4.79 Å². The molecule has 1 saturated heterocycles. The second-order valence-corrected chi connectivity index (χ2v) is 5.89. The smallest absolute Gasteiger partial charge is 0.224 e. The number of hydrogen-bond donors (Lipinski definition) is 2. The van der Waals surface area contributed by atoms with Crippen LogP contribution in [0.3, 0.4) is 0 Å². The lowest BCUT2D eigenvalue weighted by Gasteiger charge is -2.09. The topological polar surface area (TPSA) is 41.1 Å². The van der Waals surface area contributed by atoms with Gasteiger partial charge in [-0.3, -0.25) is 4.79 Å². The zero-order valence-electron chi connectivity index (χ0n) is 10.1. The Kier molecular flexibility index (Phi) is 5.35. The SMILES string of the molecule is O=C(NCCSc1ccc(Cl)cc1)C1CCNC1. The van der Waals surface area contributed by atoms with Gasteiger partial charge in [0.15, 0.2) is 0 Å². The minimum absolute atomic E-state index is 0.158. The summed E-state index contributed by atoms with van der Waals surface area (Å²) in [6, 6.07) is 7.75. The fraction of sp³-hybridized carbons (Fsp3) is 0.462. The molecule has 0 spiro atoms. The second kappa shape index (κ2) is 7.02. The first-order valence-corrected chi connectivity index (χ1v) is 7.49. The Morgan fingerprint density at radius 2 is 2.22 bits per heavy atom. The lowest BCUT2D eigenvalue weighted by atomic mass is 10.1. The zero-order valence-corrected chi connectivity index (χ0v) is 11.7. The number of hydrogen-bond acceptors (Lipinski definition) is 3. The van der Waals surface area contributed by atoms with Gasteiger partial charge < -0.3 is 10.6 Å².